The van der Waals surface area contributed by atoms with E-state index >= 15 is 0 Å². The highest BCUT2D eigenvalue weighted by Gasteiger charge is 2.37. The van der Waals surface area contributed by atoms with Crippen LogP contribution in [-0.2, 0) is 11.3 Å². The van der Waals surface area contributed by atoms with Gasteiger partial charge in [-0.15, -0.1) is 0 Å². The molecule has 1 saturated heterocycles. The number of urea groups is 1. The number of aliphatic hydroxyl groups excluding tert-OH is 1. The van der Waals surface area contributed by atoms with Crippen LogP contribution >= 0.6 is 11.6 Å². The minimum absolute atomic E-state index is 0.0730. The maximum absolute atomic E-state index is 14.9. The van der Waals surface area contributed by atoms with Gasteiger partial charge in [-0.05, 0) is 42.6 Å². The molecule has 2 amide bonds. The summed E-state index contributed by atoms with van der Waals surface area (Å²) >= 11 is 6.19. The van der Waals surface area contributed by atoms with Crippen LogP contribution in [0.2, 0.25) is 5.02 Å². The Bertz CT molecular complexity index is 1240. The highest BCUT2D eigenvalue weighted by atomic mass is 35.5. The van der Waals surface area contributed by atoms with Gasteiger partial charge in [0.2, 0.25) is 0 Å². The standard InChI is InChI=1S/C28H36ClFN6O3/c1-19(2)25(35(12-6-11-31)28(38)34-13-14-39-18-22(34)17-37)27-32-26(23-15-21(29)9-10-24(23)30)33-36(27)16-20-7-4-3-5-8-20/h3-5,7-10,15,19,22,25,37H,6,11-14,16-18,31H2,1-2H3/t22-,25+/m0/s1. The van der Waals surface area contributed by atoms with Crippen LogP contribution in [0.4, 0.5) is 9.18 Å². The molecule has 0 aliphatic carbocycles. The van der Waals surface area contributed by atoms with Crippen LogP contribution in [0.3, 0.4) is 0 Å². The van der Waals surface area contributed by atoms with E-state index in [1.165, 1.54) is 18.2 Å². The van der Waals surface area contributed by atoms with E-state index in [9.17, 15) is 14.3 Å². The minimum atomic E-state index is -0.501. The van der Waals surface area contributed by atoms with Crippen LogP contribution in [-0.4, -0.2) is 81.2 Å². The Kier molecular flexibility index (Phi) is 9.90. The van der Waals surface area contributed by atoms with Crippen molar-refractivity contribution in [2.75, 3.05) is 39.5 Å². The molecule has 0 saturated carbocycles. The quantitative estimate of drug-likeness (QED) is 0.390. The first-order valence-corrected chi connectivity index (χ1v) is 13.6. The van der Waals surface area contributed by atoms with Gasteiger partial charge < -0.3 is 25.4 Å². The van der Waals surface area contributed by atoms with Gasteiger partial charge in [-0.1, -0.05) is 55.8 Å². The topological polar surface area (TPSA) is 110 Å². The van der Waals surface area contributed by atoms with Gasteiger partial charge in [0, 0.05) is 18.1 Å². The summed E-state index contributed by atoms with van der Waals surface area (Å²) in [6.07, 6.45) is 0.575. The summed E-state index contributed by atoms with van der Waals surface area (Å²) in [4.78, 5) is 22.3. The van der Waals surface area contributed by atoms with E-state index in [4.69, 9.17) is 32.2 Å². The number of nitrogens with two attached hydrogens (primary N) is 1. The fraction of sp³-hybridized carbons (Fsp3) is 0.464. The van der Waals surface area contributed by atoms with Gasteiger partial charge in [-0.2, -0.15) is 5.10 Å². The first-order valence-electron chi connectivity index (χ1n) is 13.2. The lowest BCUT2D eigenvalue weighted by atomic mass is 10.0. The van der Waals surface area contributed by atoms with Crippen molar-refractivity contribution in [2.24, 2.45) is 11.7 Å². The molecule has 0 unspecified atom stereocenters. The predicted molar refractivity (Wildman–Crippen MR) is 148 cm³/mol. The summed E-state index contributed by atoms with van der Waals surface area (Å²) < 4.78 is 22.1. The number of carbonyl (C=O) groups excluding carboxylic acids is 1. The molecule has 2 aromatic carbocycles. The zero-order valence-corrected chi connectivity index (χ0v) is 23.1. The first-order chi connectivity index (χ1) is 18.8. The third-order valence-corrected chi connectivity index (χ3v) is 7.04. The molecular formula is C28H36ClFN6O3. The van der Waals surface area contributed by atoms with E-state index < -0.39 is 17.9 Å². The minimum Gasteiger partial charge on any atom is -0.394 e. The number of halogens is 2. The first kappa shape index (κ1) is 28.9. The number of hydrogen-bond donors (Lipinski definition) is 2. The number of rotatable bonds is 10. The Labute approximate surface area is 233 Å². The van der Waals surface area contributed by atoms with Crippen molar-refractivity contribution in [3.05, 3.63) is 70.8 Å². The molecule has 210 valence electrons. The van der Waals surface area contributed by atoms with E-state index in [0.717, 1.165) is 5.56 Å². The number of amides is 2. The summed E-state index contributed by atoms with van der Waals surface area (Å²) in [6, 6.07) is 12.9. The predicted octanol–water partition coefficient (Wildman–Crippen LogP) is 3.95. The Morgan fingerprint density at radius 2 is 2.05 bits per heavy atom. The molecule has 3 aromatic rings. The van der Waals surface area contributed by atoms with Gasteiger partial charge in [-0.25, -0.2) is 18.9 Å². The van der Waals surface area contributed by atoms with Gasteiger partial charge in [0.1, 0.15) is 5.82 Å². The molecule has 2 heterocycles. The number of hydrogen-bond acceptors (Lipinski definition) is 6. The highest BCUT2D eigenvalue weighted by molar-refractivity contribution is 6.30. The van der Waals surface area contributed by atoms with Crippen molar-refractivity contribution < 1.29 is 19.0 Å². The lowest BCUT2D eigenvalue weighted by Crippen LogP contribution is -2.56. The van der Waals surface area contributed by atoms with Crippen LogP contribution in [0, 0.1) is 11.7 Å². The van der Waals surface area contributed by atoms with Gasteiger partial charge in [-0.3, -0.25) is 0 Å². The summed E-state index contributed by atoms with van der Waals surface area (Å²) in [5, 5.41) is 15.0. The molecular weight excluding hydrogens is 523 g/mol. The summed E-state index contributed by atoms with van der Waals surface area (Å²) in [5.74, 6) is 0.162. The second kappa shape index (κ2) is 13.3. The van der Waals surface area contributed by atoms with E-state index in [2.05, 4.69) is 0 Å². The molecule has 4 rings (SSSR count). The molecule has 11 heteroatoms. The van der Waals surface area contributed by atoms with E-state index in [1.807, 2.05) is 44.2 Å². The second-order valence-corrected chi connectivity index (χ2v) is 10.4. The summed E-state index contributed by atoms with van der Waals surface area (Å²) in [7, 11) is 0. The maximum Gasteiger partial charge on any atom is 0.321 e. The van der Waals surface area contributed by atoms with Gasteiger partial charge in [0.25, 0.3) is 0 Å². The number of nitrogens with zero attached hydrogens (tertiary/aromatic N) is 5. The third-order valence-electron chi connectivity index (χ3n) is 6.81. The Morgan fingerprint density at radius 3 is 2.74 bits per heavy atom. The van der Waals surface area contributed by atoms with E-state index in [0.29, 0.717) is 50.1 Å². The molecule has 9 nitrogen and oxygen atoms in total. The zero-order valence-electron chi connectivity index (χ0n) is 22.3. The van der Waals surface area contributed by atoms with E-state index in [1.54, 1.807) is 14.5 Å². The molecule has 0 spiro atoms. The number of carbonyl (C=O) groups is 1. The van der Waals surface area contributed by atoms with Gasteiger partial charge >= 0.3 is 6.03 Å². The zero-order chi connectivity index (χ0) is 27.9. The van der Waals surface area contributed by atoms with Crippen molar-refractivity contribution in [3.63, 3.8) is 0 Å². The normalized spacial score (nSPS) is 16.5. The van der Waals surface area contributed by atoms with Crippen molar-refractivity contribution in [2.45, 2.75) is 38.9 Å². The highest BCUT2D eigenvalue weighted by Crippen LogP contribution is 2.33. The number of aliphatic hydroxyl groups is 1. The Balaban J connectivity index is 1.82. The van der Waals surface area contributed by atoms with Gasteiger partial charge in [0.15, 0.2) is 11.6 Å². The number of benzene rings is 2. The monoisotopic (exact) mass is 558 g/mol. The van der Waals surface area contributed by atoms with Crippen LogP contribution in [0.15, 0.2) is 48.5 Å². The lowest BCUT2D eigenvalue weighted by molar-refractivity contribution is -0.0194. The van der Waals surface area contributed by atoms with Crippen molar-refractivity contribution in [1.29, 1.82) is 0 Å². The summed E-state index contributed by atoms with van der Waals surface area (Å²) in [5.41, 5.74) is 7.04. The average molecular weight is 559 g/mol. The number of ether oxygens (including phenoxy) is 1. The largest absolute Gasteiger partial charge is 0.394 e. The van der Waals surface area contributed by atoms with Crippen molar-refractivity contribution >= 4 is 17.6 Å². The molecule has 1 fully saturated rings. The molecule has 1 aliphatic heterocycles. The van der Waals surface area contributed by atoms with Crippen LogP contribution in [0.5, 0.6) is 0 Å². The fourth-order valence-corrected chi connectivity index (χ4v) is 5.04. The molecule has 1 aliphatic rings. The second-order valence-electron chi connectivity index (χ2n) is 9.97. The molecule has 1 aromatic heterocycles. The molecule has 39 heavy (non-hydrogen) atoms. The summed E-state index contributed by atoms with van der Waals surface area (Å²) in [6.45, 7) is 6.00. The molecule has 0 bridgehead atoms. The average Bonchev–Trinajstić information content (AvgIpc) is 3.34. The van der Waals surface area contributed by atoms with Crippen molar-refractivity contribution in [1.82, 2.24) is 24.6 Å². The third kappa shape index (κ3) is 6.75. The number of morpholine rings is 1. The Morgan fingerprint density at radius 1 is 1.28 bits per heavy atom. The fourth-order valence-electron chi connectivity index (χ4n) is 4.86. The maximum atomic E-state index is 14.9. The smallest absolute Gasteiger partial charge is 0.321 e. The number of aromatic nitrogens is 3. The Hall–Kier alpha value is -3.05. The van der Waals surface area contributed by atoms with Crippen LogP contribution in [0.1, 0.15) is 37.7 Å². The van der Waals surface area contributed by atoms with Gasteiger partial charge in [0.05, 0.1) is 44.0 Å². The van der Waals surface area contributed by atoms with E-state index in [-0.39, 0.29) is 36.6 Å². The molecule has 3 N–H and O–H groups in total. The van der Waals surface area contributed by atoms with Crippen molar-refractivity contribution in [3.8, 4) is 11.4 Å². The molecule has 0 radical (unpaired) electrons. The lowest BCUT2D eigenvalue weighted by Gasteiger charge is -2.41. The molecule has 2 atom stereocenters. The van der Waals surface area contributed by atoms with Crippen LogP contribution < -0.4 is 5.73 Å². The SMILES string of the molecule is CC(C)[C@H](c1nc(-c2cc(Cl)ccc2F)nn1Cc1ccccc1)N(CCCN)C(=O)N1CCOC[C@@H]1CO. The van der Waals surface area contributed by atoms with Crippen LogP contribution in [0.25, 0.3) is 11.4 Å².